The Labute approximate surface area is 101 Å². The molecule has 0 amide bonds. The standard InChI is InChI=1S/C14H30O2/c1-11(15)9-13(5,6)14(7,8)16-10-12(2,3)4/h11,15H,9-10H2,1-8H3. The van der Waals surface area contributed by atoms with Crippen molar-refractivity contribution in [2.45, 2.75) is 73.5 Å². The second kappa shape index (κ2) is 5.05. The lowest BCUT2D eigenvalue weighted by Crippen LogP contribution is -2.44. The summed E-state index contributed by atoms with van der Waals surface area (Å²) in [6, 6.07) is 0. The zero-order valence-electron chi connectivity index (χ0n) is 12.3. The highest BCUT2D eigenvalue weighted by Gasteiger charge is 2.39. The molecule has 0 fully saturated rings. The monoisotopic (exact) mass is 230 g/mol. The maximum atomic E-state index is 9.52. The Morgan fingerprint density at radius 2 is 1.44 bits per heavy atom. The Balaban J connectivity index is 4.51. The topological polar surface area (TPSA) is 29.5 Å². The van der Waals surface area contributed by atoms with Crippen molar-refractivity contribution < 1.29 is 9.84 Å². The zero-order chi connectivity index (χ0) is 13.2. The van der Waals surface area contributed by atoms with Crippen molar-refractivity contribution in [3.8, 4) is 0 Å². The number of rotatable bonds is 5. The fraction of sp³-hybridized carbons (Fsp3) is 1.00. The number of aliphatic hydroxyl groups is 1. The van der Waals surface area contributed by atoms with Crippen LogP contribution < -0.4 is 0 Å². The molecule has 16 heavy (non-hydrogen) atoms. The molecule has 2 nitrogen and oxygen atoms in total. The van der Waals surface area contributed by atoms with Gasteiger partial charge in [-0.3, -0.25) is 0 Å². The van der Waals surface area contributed by atoms with E-state index in [-0.39, 0.29) is 22.5 Å². The van der Waals surface area contributed by atoms with Crippen molar-refractivity contribution >= 4 is 0 Å². The highest BCUT2D eigenvalue weighted by Crippen LogP contribution is 2.38. The van der Waals surface area contributed by atoms with E-state index in [0.717, 1.165) is 13.0 Å². The summed E-state index contributed by atoms with van der Waals surface area (Å²) >= 11 is 0. The minimum Gasteiger partial charge on any atom is -0.393 e. The van der Waals surface area contributed by atoms with Crippen molar-refractivity contribution in [2.24, 2.45) is 10.8 Å². The van der Waals surface area contributed by atoms with Gasteiger partial charge >= 0.3 is 0 Å². The predicted molar refractivity (Wildman–Crippen MR) is 69.6 cm³/mol. The van der Waals surface area contributed by atoms with Gasteiger partial charge in [0.05, 0.1) is 18.3 Å². The van der Waals surface area contributed by atoms with E-state index in [1.165, 1.54) is 0 Å². The van der Waals surface area contributed by atoms with Crippen molar-refractivity contribution in [2.75, 3.05) is 6.61 Å². The average Bonchev–Trinajstić information content (AvgIpc) is 1.96. The molecule has 0 aromatic heterocycles. The first kappa shape index (κ1) is 15.9. The van der Waals surface area contributed by atoms with Gasteiger partial charge in [0.2, 0.25) is 0 Å². The summed E-state index contributed by atoms with van der Waals surface area (Å²) < 4.78 is 6.05. The largest absolute Gasteiger partial charge is 0.393 e. The van der Waals surface area contributed by atoms with Crippen LogP contribution in [0.5, 0.6) is 0 Å². The minimum absolute atomic E-state index is 0.0353. The van der Waals surface area contributed by atoms with Crippen LogP contribution in [0.4, 0.5) is 0 Å². The van der Waals surface area contributed by atoms with Gasteiger partial charge in [-0.1, -0.05) is 34.6 Å². The molecule has 98 valence electrons. The molecule has 0 spiro atoms. The lowest BCUT2D eigenvalue weighted by molar-refractivity contribution is -0.128. The van der Waals surface area contributed by atoms with Gasteiger partial charge in [-0.05, 0) is 38.0 Å². The molecule has 0 aliphatic carbocycles. The SMILES string of the molecule is CC(O)CC(C)(C)C(C)(C)OCC(C)(C)C. The normalized spacial score (nSPS) is 16.3. The maximum Gasteiger partial charge on any atom is 0.0678 e. The summed E-state index contributed by atoms with van der Waals surface area (Å²) in [6.45, 7) is 17.6. The van der Waals surface area contributed by atoms with Gasteiger partial charge in [0.15, 0.2) is 0 Å². The quantitative estimate of drug-likeness (QED) is 0.781. The van der Waals surface area contributed by atoms with E-state index in [1.807, 2.05) is 6.92 Å². The van der Waals surface area contributed by atoms with Gasteiger partial charge in [-0.25, -0.2) is 0 Å². The number of hydrogen-bond acceptors (Lipinski definition) is 2. The van der Waals surface area contributed by atoms with Crippen molar-refractivity contribution in [3.05, 3.63) is 0 Å². The molecule has 0 aliphatic heterocycles. The van der Waals surface area contributed by atoms with E-state index < -0.39 is 0 Å². The number of aliphatic hydroxyl groups excluding tert-OH is 1. The number of ether oxygens (including phenoxy) is 1. The third-order valence-electron chi connectivity index (χ3n) is 3.30. The Kier molecular flexibility index (Phi) is 5.03. The van der Waals surface area contributed by atoms with Gasteiger partial charge in [-0.15, -0.1) is 0 Å². The van der Waals surface area contributed by atoms with Crippen molar-refractivity contribution in [3.63, 3.8) is 0 Å². The van der Waals surface area contributed by atoms with Crippen LogP contribution >= 0.6 is 0 Å². The first-order chi connectivity index (χ1) is 6.87. The minimum atomic E-state index is -0.285. The summed E-state index contributed by atoms with van der Waals surface area (Å²) in [5.74, 6) is 0. The van der Waals surface area contributed by atoms with Gasteiger partial charge in [0, 0.05) is 0 Å². The fourth-order valence-electron chi connectivity index (χ4n) is 1.58. The summed E-state index contributed by atoms with van der Waals surface area (Å²) in [6.07, 6.45) is 0.469. The van der Waals surface area contributed by atoms with E-state index in [4.69, 9.17) is 4.74 Å². The number of hydrogen-bond donors (Lipinski definition) is 1. The molecule has 0 heterocycles. The molecular weight excluding hydrogens is 200 g/mol. The van der Waals surface area contributed by atoms with Gasteiger partial charge in [-0.2, -0.15) is 0 Å². The van der Waals surface area contributed by atoms with Crippen LogP contribution in [0, 0.1) is 10.8 Å². The Hall–Kier alpha value is -0.0800. The summed E-state index contributed by atoms with van der Waals surface area (Å²) in [4.78, 5) is 0. The van der Waals surface area contributed by atoms with Crippen molar-refractivity contribution in [1.82, 2.24) is 0 Å². The van der Waals surface area contributed by atoms with E-state index in [0.29, 0.717) is 0 Å². The van der Waals surface area contributed by atoms with Crippen LogP contribution in [0.2, 0.25) is 0 Å². The summed E-state index contributed by atoms with van der Waals surface area (Å²) in [5.41, 5.74) is -0.0815. The molecule has 0 rings (SSSR count). The molecule has 0 radical (unpaired) electrons. The first-order valence-electron chi connectivity index (χ1n) is 6.19. The van der Waals surface area contributed by atoms with Crippen molar-refractivity contribution in [1.29, 1.82) is 0 Å². The average molecular weight is 230 g/mol. The predicted octanol–water partition coefficient (Wildman–Crippen LogP) is 3.62. The van der Waals surface area contributed by atoms with E-state index >= 15 is 0 Å². The lowest BCUT2D eigenvalue weighted by Gasteiger charge is -2.43. The molecule has 0 aromatic carbocycles. The third-order valence-corrected chi connectivity index (χ3v) is 3.30. The fourth-order valence-corrected chi connectivity index (χ4v) is 1.58. The highest BCUT2D eigenvalue weighted by atomic mass is 16.5. The third kappa shape index (κ3) is 5.31. The Bertz CT molecular complexity index is 209. The molecule has 1 N–H and O–H groups in total. The lowest BCUT2D eigenvalue weighted by atomic mass is 9.73. The van der Waals surface area contributed by atoms with Crippen LogP contribution in [-0.2, 0) is 4.74 Å². The molecule has 0 saturated heterocycles. The molecular formula is C14H30O2. The second-order valence-electron chi connectivity index (χ2n) is 7.30. The highest BCUT2D eigenvalue weighted by molar-refractivity contribution is 4.89. The molecule has 2 heteroatoms. The van der Waals surface area contributed by atoms with Crippen LogP contribution in [0.15, 0.2) is 0 Å². The van der Waals surface area contributed by atoms with Gasteiger partial charge < -0.3 is 9.84 Å². The summed E-state index contributed by atoms with van der Waals surface area (Å²) in [5, 5.41) is 9.52. The van der Waals surface area contributed by atoms with Gasteiger partial charge in [0.25, 0.3) is 0 Å². The molecule has 0 aromatic rings. The zero-order valence-corrected chi connectivity index (χ0v) is 12.3. The smallest absolute Gasteiger partial charge is 0.0678 e. The second-order valence-corrected chi connectivity index (χ2v) is 7.30. The van der Waals surface area contributed by atoms with E-state index in [1.54, 1.807) is 0 Å². The Morgan fingerprint density at radius 3 is 1.75 bits per heavy atom. The van der Waals surface area contributed by atoms with Crippen LogP contribution in [-0.4, -0.2) is 23.4 Å². The van der Waals surface area contributed by atoms with Crippen LogP contribution in [0.3, 0.4) is 0 Å². The maximum absolute atomic E-state index is 9.52. The first-order valence-corrected chi connectivity index (χ1v) is 6.19. The van der Waals surface area contributed by atoms with Crippen LogP contribution in [0.1, 0.15) is 61.8 Å². The Morgan fingerprint density at radius 1 is 1.00 bits per heavy atom. The van der Waals surface area contributed by atoms with Crippen LogP contribution in [0.25, 0.3) is 0 Å². The van der Waals surface area contributed by atoms with Gasteiger partial charge in [0.1, 0.15) is 0 Å². The molecule has 0 saturated carbocycles. The van der Waals surface area contributed by atoms with E-state index in [9.17, 15) is 5.11 Å². The van der Waals surface area contributed by atoms with E-state index in [2.05, 4.69) is 48.5 Å². The molecule has 0 aliphatic rings. The molecule has 0 bridgehead atoms. The molecule has 1 atom stereocenters. The summed E-state index contributed by atoms with van der Waals surface area (Å²) in [7, 11) is 0. The molecule has 1 unspecified atom stereocenters.